The molecule has 1 aliphatic rings. The van der Waals surface area contributed by atoms with Crippen LogP contribution in [-0.2, 0) is 4.79 Å². The van der Waals surface area contributed by atoms with Gasteiger partial charge in [-0.1, -0.05) is 0 Å². The molecular formula is C12H13FN2O2S. The van der Waals surface area contributed by atoms with Crippen molar-refractivity contribution in [2.75, 3.05) is 13.6 Å². The Morgan fingerprint density at radius 3 is 2.83 bits per heavy atom. The predicted molar refractivity (Wildman–Crippen MR) is 67.2 cm³/mol. The molecule has 0 bridgehead atoms. The van der Waals surface area contributed by atoms with E-state index < -0.39 is 11.9 Å². The molecule has 1 aromatic rings. The largest absolute Gasteiger partial charge is 0.344 e. The highest BCUT2D eigenvalue weighted by Crippen LogP contribution is 2.15. The Labute approximate surface area is 110 Å². The zero-order chi connectivity index (χ0) is 13.3. The number of hydrogen-bond donors (Lipinski definition) is 2. The van der Waals surface area contributed by atoms with Gasteiger partial charge in [-0.3, -0.25) is 9.59 Å². The smallest absolute Gasteiger partial charge is 0.251 e. The monoisotopic (exact) mass is 268 g/mol. The maximum absolute atomic E-state index is 13.0. The first kappa shape index (κ1) is 12.9. The summed E-state index contributed by atoms with van der Waals surface area (Å²) in [5.74, 6) is -0.970. The summed E-state index contributed by atoms with van der Waals surface area (Å²) >= 11 is 3.91. The molecule has 1 heterocycles. The van der Waals surface area contributed by atoms with E-state index in [1.165, 1.54) is 18.2 Å². The van der Waals surface area contributed by atoms with Crippen molar-refractivity contribution in [3.63, 3.8) is 0 Å². The van der Waals surface area contributed by atoms with Gasteiger partial charge in [-0.05, 0) is 24.6 Å². The first-order chi connectivity index (χ1) is 8.49. The minimum absolute atomic E-state index is 0.100. The van der Waals surface area contributed by atoms with E-state index in [2.05, 4.69) is 17.9 Å². The summed E-state index contributed by atoms with van der Waals surface area (Å²) in [7, 11) is 1.69. The number of hydrogen-bond acceptors (Lipinski definition) is 3. The van der Waals surface area contributed by atoms with E-state index in [0.29, 0.717) is 18.5 Å². The molecule has 18 heavy (non-hydrogen) atoms. The van der Waals surface area contributed by atoms with Gasteiger partial charge in [0.25, 0.3) is 5.91 Å². The zero-order valence-electron chi connectivity index (χ0n) is 9.81. The van der Waals surface area contributed by atoms with Crippen molar-refractivity contribution < 1.29 is 14.0 Å². The second-order valence-electron chi connectivity index (χ2n) is 4.24. The van der Waals surface area contributed by atoms with E-state index in [9.17, 15) is 14.0 Å². The minimum Gasteiger partial charge on any atom is -0.344 e. The predicted octanol–water partition coefficient (Wildman–Crippen LogP) is 1.07. The average molecular weight is 268 g/mol. The highest BCUT2D eigenvalue weighted by Gasteiger charge is 2.30. The quantitative estimate of drug-likeness (QED) is 0.788. The number of likely N-dealkylation sites (N-methyl/N-ethyl adjacent to an activating group) is 1. The number of likely N-dealkylation sites (tertiary alicyclic amines) is 1. The van der Waals surface area contributed by atoms with Crippen LogP contribution in [0.5, 0.6) is 0 Å². The Morgan fingerprint density at radius 2 is 2.28 bits per heavy atom. The molecular weight excluding hydrogens is 255 g/mol. The minimum atomic E-state index is -0.490. The average Bonchev–Trinajstić information content (AvgIpc) is 2.64. The van der Waals surface area contributed by atoms with Gasteiger partial charge in [0.1, 0.15) is 11.9 Å². The summed E-state index contributed by atoms with van der Waals surface area (Å²) in [6.45, 7) is 0.630. The lowest BCUT2D eigenvalue weighted by Crippen LogP contribution is -2.40. The Bertz CT molecular complexity index is 507. The normalized spacial score (nSPS) is 19.2. The maximum atomic E-state index is 13.0. The van der Waals surface area contributed by atoms with Crippen molar-refractivity contribution in [2.24, 2.45) is 0 Å². The van der Waals surface area contributed by atoms with Crippen LogP contribution in [0, 0.1) is 5.82 Å². The third-order valence-electron chi connectivity index (χ3n) is 2.94. The van der Waals surface area contributed by atoms with Gasteiger partial charge in [0.15, 0.2) is 0 Å². The lowest BCUT2D eigenvalue weighted by molar-refractivity contribution is -0.128. The molecule has 96 valence electrons. The van der Waals surface area contributed by atoms with Gasteiger partial charge >= 0.3 is 0 Å². The van der Waals surface area contributed by atoms with Gasteiger partial charge in [-0.25, -0.2) is 4.39 Å². The molecule has 2 rings (SSSR count). The third kappa shape index (κ3) is 2.48. The Balaban J connectivity index is 2.08. The Kier molecular flexibility index (Phi) is 3.56. The highest BCUT2D eigenvalue weighted by molar-refractivity contribution is 7.80. The van der Waals surface area contributed by atoms with Gasteiger partial charge in [-0.15, -0.1) is 12.6 Å². The Morgan fingerprint density at radius 1 is 1.56 bits per heavy atom. The van der Waals surface area contributed by atoms with Gasteiger partial charge in [-0.2, -0.15) is 0 Å². The summed E-state index contributed by atoms with van der Waals surface area (Å²) in [6.07, 6.45) is 0.593. The standard InChI is InChI=1S/C12H13FN2O2S/c1-15-5-4-9(12(15)17)14-11(16)7-2-3-8(13)10(18)6-7/h2-3,6,9,18H,4-5H2,1H3,(H,14,16). The van der Waals surface area contributed by atoms with E-state index in [1.807, 2.05) is 0 Å². The summed E-state index contributed by atoms with van der Waals surface area (Å²) in [6, 6.07) is 3.40. The number of rotatable bonds is 2. The zero-order valence-corrected chi connectivity index (χ0v) is 10.7. The van der Waals surface area contributed by atoms with Crippen LogP contribution in [0.15, 0.2) is 23.1 Å². The first-order valence-electron chi connectivity index (χ1n) is 5.53. The fourth-order valence-electron chi connectivity index (χ4n) is 1.85. The van der Waals surface area contributed by atoms with E-state index in [4.69, 9.17) is 0 Å². The van der Waals surface area contributed by atoms with Crippen molar-refractivity contribution in [3.05, 3.63) is 29.6 Å². The molecule has 1 aliphatic heterocycles. The molecule has 0 aliphatic carbocycles. The van der Waals surface area contributed by atoms with Crippen LogP contribution in [0.2, 0.25) is 0 Å². The number of thiol groups is 1. The van der Waals surface area contributed by atoms with Crippen LogP contribution >= 0.6 is 12.6 Å². The molecule has 0 spiro atoms. The number of nitrogens with one attached hydrogen (secondary N) is 1. The van der Waals surface area contributed by atoms with E-state index in [-0.39, 0.29) is 16.7 Å². The van der Waals surface area contributed by atoms with E-state index >= 15 is 0 Å². The van der Waals surface area contributed by atoms with Crippen LogP contribution in [0.1, 0.15) is 16.8 Å². The summed E-state index contributed by atoms with van der Waals surface area (Å²) in [4.78, 5) is 25.2. The maximum Gasteiger partial charge on any atom is 0.251 e. The fraction of sp³-hybridized carbons (Fsp3) is 0.333. The summed E-state index contributed by atoms with van der Waals surface area (Å²) in [5, 5.41) is 2.64. The summed E-state index contributed by atoms with van der Waals surface area (Å²) < 4.78 is 13.0. The molecule has 2 amide bonds. The molecule has 1 N–H and O–H groups in total. The van der Waals surface area contributed by atoms with E-state index in [0.717, 1.165) is 0 Å². The fourth-order valence-corrected chi connectivity index (χ4v) is 2.07. The molecule has 6 heteroatoms. The molecule has 1 aromatic carbocycles. The van der Waals surface area contributed by atoms with Crippen LogP contribution in [0.25, 0.3) is 0 Å². The van der Waals surface area contributed by atoms with Crippen molar-refractivity contribution >= 4 is 24.4 Å². The molecule has 0 saturated carbocycles. The lowest BCUT2D eigenvalue weighted by atomic mass is 10.2. The van der Waals surface area contributed by atoms with Gasteiger partial charge < -0.3 is 10.2 Å². The molecule has 1 unspecified atom stereocenters. The van der Waals surface area contributed by atoms with Gasteiger partial charge in [0.05, 0.1) is 0 Å². The molecule has 1 atom stereocenters. The first-order valence-corrected chi connectivity index (χ1v) is 5.98. The van der Waals surface area contributed by atoms with Crippen LogP contribution in [0.4, 0.5) is 4.39 Å². The van der Waals surface area contributed by atoms with Crippen LogP contribution < -0.4 is 5.32 Å². The van der Waals surface area contributed by atoms with E-state index in [1.54, 1.807) is 11.9 Å². The molecule has 0 radical (unpaired) electrons. The number of carbonyl (C=O) groups excluding carboxylic acids is 2. The molecule has 1 fully saturated rings. The second kappa shape index (κ2) is 4.97. The van der Waals surface area contributed by atoms with Crippen LogP contribution in [-0.4, -0.2) is 36.3 Å². The highest BCUT2D eigenvalue weighted by atomic mass is 32.1. The van der Waals surface area contributed by atoms with Crippen molar-refractivity contribution in [3.8, 4) is 0 Å². The Hall–Kier alpha value is -1.56. The molecule has 1 saturated heterocycles. The number of nitrogens with zero attached hydrogens (tertiary/aromatic N) is 1. The third-order valence-corrected chi connectivity index (χ3v) is 3.28. The number of benzene rings is 1. The van der Waals surface area contributed by atoms with Crippen LogP contribution in [0.3, 0.4) is 0 Å². The van der Waals surface area contributed by atoms with Gasteiger partial charge in [0.2, 0.25) is 5.91 Å². The number of amides is 2. The molecule has 0 aromatic heterocycles. The van der Waals surface area contributed by atoms with Crippen molar-refractivity contribution in [1.82, 2.24) is 10.2 Å². The van der Waals surface area contributed by atoms with Crippen molar-refractivity contribution in [2.45, 2.75) is 17.4 Å². The topological polar surface area (TPSA) is 49.4 Å². The van der Waals surface area contributed by atoms with Gasteiger partial charge in [0, 0.05) is 24.1 Å². The number of halogens is 1. The SMILES string of the molecule is CN1CCC(NC(=O)c2ccc(F)c(S)c2)C1=O. The lowest BCUT2D eigenvalue weighted by Gasteiger charge is -2.12. The number of carbonyl (C=O) groups is 2. The molecule has 4 nitrogen and oxygen atoms in total. The van der Waals surface area contributed by atoms with Crippen molar-refractivity contribution in [1.29, 1.82) is 0 Å². The summed E-state index contributed by atoms with van der Waals surface area (Å²) in [5.41, 5.74) is 0.295. The second-order valence-corrected chi connectivity index (χ2v) is 4.72.